The summed E-state index contributed by atoms with van der Waals surface area (Å²) in [5.41, 5.74) is 4.99. The number of amides is 1. The minimum atomic E-state index is -3.95. The van der Waals surface area contributed by atoms with Crippen LogP contribution >= 0.6 is 11.6 Å². The molecule has 5 rings (SSSR count). The Bertz CT molecular complexity index is 1390. The molecule has 35 heavy (non-hydrogen) atoms. The van der Waals surface area contributed by atoms with Gasteiger partial charge in [-0.15, -0.1) is 0 Å². The van der Waals surface area contributed by atoms with Gasteiger partial charge >= 0.3 is 0 Å². The maximum Gasteiger partial charge on any atom is 0.264 e. The van der Waals surface area contributed by atoms with Crippen molar-refractivity contribution in [1.29, 1.82) is 0 Å². The van der Waals surface area contributed by atoms with Gasteiger partial charge in [-0.25, -0.2) is 8.42 Å². The van der Waals surface area contributed by atoms with Crippen molar-refractivity contribution >= 4 is 33.2 Å². The zero-order valence-corrected chi connectivity index (χ0v) is 21.2. The Kier molecular flexibility index (Phi) is 6.23. The number of ether oxygens (including phenoxy) is 1. The van der Waals surface area contributed by atoms with Crippen molar-refractivity contribution in [2.75, 3.05) is 10.8 Å². The molecule has 0 unspecified atom stereocenters. The lowest BCUT2D eigenvalue weighted by Crippen LogP contribution is -2.51. The first-order valence-corrected chi connectivity index (χ1v) is 13.5. The van der Waals surface area contributed by atoms with Crippen molar-refractivity contribution in [3.05, 3.63) is 87.9 Å². The summed E-state index contributed by atoms with van der Waals surface area (Å²) in [7, 11) is -3.95. The van der Waals surface area contributed by atoms with E-state index in [-0.39, 0.29) is 23.4 Å². The van der Waals surface area contributed by atoms with Gasteiger partial charge in [0.15, 0.2) is 6.10 Å². The van der Waals surface area contributed by atoms with E-state index in [0.29, 0.717) is 16.5 Å². The van der Waals surface area contributed by atoms with Gasteiger partial charge in [-0.3, -0.25) is 9.10 Å². The second kappa shape index (κ2) is 9.21. The summed E-state index contributed by atoms with van der Waals surface area (Å²) in [4.78, 5) is 13.4. The topological polar surface area (TPSA) is 75.7 Å². The van der Waals surface area contributed by atoms with E-state index in [9.17, 15) is 13.2 Å². The van der Waals surface area contributed by atoms with E-state index in [2.05, 4.69) is 17.4 Å². The Morgan fingerprint density at radius 3 is 2.57 bits per heavy atom. The summed E-state index contributed by atoms with van der Waals surface area (Å²) in [6.07, 6.45) is 2.30. The molecule has 2 atom stereocenters. The maximum absolute atomic E-state index is 13.6. The van der Waals surface area contributed by atoms with E-state index >= 15 is 0 Å². The molecule has 1 aliphatic carbocycles. The molecule has 1 amide bonds. The summed E-state index contributed by atoms with van der Waals surface area (Å²) in [6, 6.07) is 17.5. The van der Waals surface area contributed by atoms with Crippen LogP contribution in [0.3, 0.4) is 0 Å². The molecule has 3 aromatic carbocycles. The van der Waals surface area contributed by atoms with Crippen LogP contribution in [-0.4, -0.2) is 27.0 Å². The molecule has 0 saturated carbocycles. The smallest absolute Gasteiger partial charge is 0.264 e. The van der Waals surface area contributed by atoms with Crippen LogP contribution in [0.15, 0.2) is 65.6 Å². The summed E-state index contributed by atoms with van der Waals surface area (Å²) in [6.45, 7) is 3.65. The number of fused-ring (bicyclic) bond motifs is 2. The number of hydrogen-bond donors (Lipinski definition) is 1. The lowest BCUT2D eigenvalue weighted by molar-refractivity contribution is -0.128. The lowest BCUT2D eigenvalue weighted by atomic mass is 10.0. The molecule has 1 aliphatic heterocycles. The number of rotatable bonds is 5. The van der Waals surface area contributed by atoms with Gasteiger partial charge in [0.1, 0.15) is 5.75 Å². The third kappa shape index (κ3) is 4.62. The highest BCUT2D eigenvalue weighted by atomic mass is 35.5. The molecular weight excluding hydrogens is 484 g/mol. The summed E-state index contributed by atoms with van der Waals surface area (Å²) in [5.74, 6) is -0.0793. The number of carbonyl (C=O) groups excluding carboxylic acids is 1. The van der Waals surface area contributed by atoms with E-state index in [1.165, 1.54) is 15.4 Å². The number of nitrogens with zero attached hydrogens (tertiary/aromatic N) is 1. The van der Waals surface area contributed by atoms with Gasteiger partial charge in [0.25, 0.3) is 15.9 Å². The third-order valence-corrected chi connectivity index (χ3v) is 8.70. The molecule has 0 bridgehead atoms. The third-order valence-electron chi connectivity index (χ3n) is 6.67. The van der Waals surface area contributed by atoms with Crippen LogP contribution in [0.2, 0.25) is 5.02 Å². The maximum atomic E-state index is 13.6. The number of sulfonamides is 1. The van der Waals surface area contributed by atoms with E-state index in [1.807, 2.05) is 19.9 Å². The van der Waals surface area contributed by atoms with Gasteiger partial charge in [0.2, 0.25) is 0 Å². The van der Waals surface area contributed by atoms with Crippen molar-refractivity contribution in [3.63, 3.8) is 0 Å². The van der Waals surface area contributed by atoms with Crippen LogP contribution in [-0.2, 0) is 27.7 Å². The van der Waals surface area contributed by atoms with Gasteiger partial charge in [0.05, 0.1) is 23.2 Å². The first-order valence-electron chi connectivity index (χ1n) is 11.7. The van der Waals surface area contributed by atoms with Crippen LogP contribution in [0.1, 0.15) is 41.6 Å². The van der Waals surface area contributed by atoms with Crippen LogP contribution in [0.5, 0.6) is 5.75 Å². The highest BCUT2D eigenvalue weighted by Crippen LogP contribution is 2.39. The van der Waals surface area contributed by atoms with Crippen molar-refractivity contribution in [2.24, 2.45) is 0 Å². The van der Waals surface area contributed by atoms with Gasteiger partial charge in [-0.05, 0) is 80.1 Å². The molecular formula is C27H27ClN2O4S. The van der Waals surface area contributed by atoms with Crippen LogP contribution in [0.25, 0.3) is 0 Å². The zero-order valence-electron chi connectivity index (χ0n) is 19.6. The fourth-order valence-electron chi connectivity index (χ4n) is 4.68. The number of benzene rings is 3. The molecule has 0 aromatic heterocycles. The predicted molar refractivity (Wildman–Crippen MR) is 137 cm³/mol. The Morgan fingerprint density at radius 2 is 1.80 bits per heavy atom. The number of nitrogens with one attached hydrogen (secondary N) is 1. The van der Waals surface area contributed by atoms with E-state index in [0.717, 1.165) is 30.4 Å². The largest absolute Gasteiger partial charge is 0.476 e. The minimum Gasteiger partial charge on any atom is -0.476 e. The molecule has 6 nitrogen and oxygen atoms in total. The lowest BCUT2D eigenvalue weighted by Gasteiger charge is -2.35. The second-order valence-electron chi connectivity index (χ2n) is 9.18. The first kappa shape index (κ1) is 23.7. The second-order valence-corrected chi connectivity index (χ2v) is 11.5. The Balaban J connectivity index is 1.42. The number of anilines is 1. The molecule has 2 aliphatic rings. The molecule has 3 aromatic rings. The number of halogens is 1. The van der Waals surface area contributed by atoms with E-state index in [1.54, 1.807) is 42.5 Å². The van der Waals surface area contributed by atoms with E-state index < -0.39 is 16.1 Å². The predicted octanol–water partition coefficient (Wildman–Crippen LogP) is 4.97. The average Bonchev–Trinajstić information content (AvgIpc) is 3.31. The van der Waals surface area contributed by atoms with Crippen LogP contribution < -0.4 is 14.4 Å². The number of aryl methyl sites for hydroxylation is 3. The first-order chi connectivity index (χ1) is 16.7. The monoisotopic (exact) mass is 510 g/mol. The molecule has 0 saturated heterocycles. The Labute approximate surface area is 210 Å². The fourth-order valence-corrected chi connectivity index (χ4v) is 6.31. The van der Waals surface area contributed by atoms with E-state index in [4.69, 9.17) is 16.3 Å². The van der Waals surface area contributed by atoms with Crippen molar-refractivity contribution < 1.29 is 17.9 Å². The fraction of sp³-hybridized carbons (Fsp3) is 0.296. The molecule has 1 N–H and O–H groups in total. The van der Waals surface area contributed by atoms with Crippen LogP contribution in [0, 0.1) is 6.92 Å². The SMILES string of the molecule is Cc1ccc(S(=O)(=O)N2C[C@@H](C(=O)N[C@@H](C)c3ccc4c(c3)CCC4)Oc3ccc(Cl)cc32)cc1. The number of hydrogen-bond acceptors (Lipinski definition) is 4. The molecule has 1 heterocycles. The van der Waals surface area contributed by atoms with Crippen molar-refractivity contribution in [3.8, 4) is 5.75 Å². The van der Waals surface area contributed by atoms with Gasteiger partial charge in [-0.2, -0.15) is 0 Å². The highest BCUT2D eigenvalue weighted by molar-refractivity contribution is 7.92. The Morgan fingerprint density at radius 1 is 1.06 bits per heavy atom. The average molecular weight is 511 g/mol. The summed E-state index contributed by atoms with van der Waals surface area (Å²) < 4.78 is 34.4. The summed E-state index contributed by atoms with van der Waals surface area (Å²) in [5, 5.41) is 3.39. The van der Waals surface area contributed by atoms with Gasteiger partial charge < -0.3 is 10.1 Å². The number of carbonyl (C=O) groups is 1. The van der Waals surface area contributed by atoms with Crippen molar-refractivity contribution in [2.45, 2.75) is 50.2 Å². The summed E-state index contributed by atoms with van der Waals surface area (Å²) >= 11 is 6.18. The standard InChI is InChI=1S/C27H27ClN2O4S/c1-17-6-11-23(12-7-17)35(32,33)30-16-26(34-25-13-10-22(28)15-24(25)30)27(31)29-18(2)20-9-8-19-4-3-5-21(19)14-20/h6-15,18,26H,3-5,16H2,1-2H3,(H,29,31)/t18-,26-/m0/s1. The quantitative estimate of drug-likeness (QED) is 0.525. The van der Waals surface area contributed by atoms with Crippen molar-refractivity contribution in [1.82, 2.24) is 5.32 Å². The van der Waals surface area contributed by atoms with Crippen LogP contribution in [0.4, 0.5) is 5.69 Å². The molecule has 0 spiro atoms. The Hall–Kier alpha value is -3.03. The molecule has 0 fully saturated rings. The zero-order chi connectivity index (χ0) is 24.7. The normalized spacial score (nSPS) is 17.8. The van der Waals surface area contributed by atoms with Gasteiger partial charge in [0, 0.05) is 5.02 Å². The van der Waals surface area contributed by atoms with Gasteiger partial charge in [-0.1, -0.05) is 47.5 Å². The highest BCUT2D eigenvalue weighted by Gasteiger charge is 2.38. The molecule has 182 valence electrons. The minimum absolute atomic E-state index is 0.140. The molecule has 8 heteroatoms. The molecule has 0 radical (unpaired) electrons.